The second-order valence-electron chi connectivity index (χ2n) is 7.33. The van der Waals surface area contributed by atoms with Gasteiger partial charge in [0, 0.05) is 25.0 Å². The van der Waals surface area contributed by atoms with E-state index in [2.05, 4.69) is 29.2 Å². The predicted octanol–water partition coefficient (Wildman–Crippen LogP) is 0.779. The maximum absolute atomic E-state index is 10.3. The quantitative estimate of drug-likeness (QED) is 0.508. The highest BCUT2D eigenvalue weighted by atomic mass is 16.5. The van der Waals surface area contributed by atoms with E-state index in [0.717, 1.165) is 11.1 Å². The molecular weight excluding hydrogens is 358 g/mol. The summed E-state index contributed by atoms with van der Waals surface area (Å²) in [5, 5.41) is 39.3. The SMILES string of the molecule is OC[C@H]1[C@@H]([C@H](O)[C@H](O)CO)OC[C@H]1N(Cc1ccccc1)Cc1ccccc1. The lowest BCUT2D eigenvalue weighted by Crippen LogP contribution is -2.48. The van der Waals surface area contributed by atoms with Crippen LogP contribution >= 0.6 is 0 Å². The first kappa shape index (κ1) is 20.9. The molecule has 6 heteroatoms. The van der Waals surface area contributed by atoms with Crippen LogP contribution in [0.1, 0.15) is 11.1 Å². The first-order valence-corrected chi connectivity index (χ1v) is 9.65. The Bertz CT molecular complexity index is 657. The predicted molar refractivity (Wildman–Crippen MR) is 105 cm³/mol. The molecule has 0 bridgehead atoms. The van der Waals surface area contributed by atoms with Crippen molar-refractivity contribution in [3.63, 3.8) is 0 Å². The van der Waals surface area contributed by atoms with E-state index in [1.54, 1.807) is 0 Å². The fourth-order valence-electron chi connectivity index (χ4n) is 3.88. The standard InChI is InChI=1S/C22H29NO5/c24-13-18-19(15-28-22(18)21(27)20(26)14-25)23(11-16-7-3-1-4-8-16)12-17-9-5-2-6-10-17/h1-10,18-22,24-27H,11-15H2/t18-,19-,20-,21-,22+/m1/s1. The summed E-state index contributed by atoms with van der Waals surface area (Å²) >= 11 is 0. The van der Waals surface area contributed by atoms with E-state index in [-0.39, 0.29) is 18.6 Å². The van der Waals surface area contributed by atoms with Crippen LogP contribution < -0.4 is 0 Å². The largest absolute Gasteiger partial charge is 0.396 e. The van der Waals surface area contributed by atoms with Gasteiger partial charge >= 0.3 is 0 Å². The van der Waals surface area contributed by atoms with Crippen LogP contribution in [0.3, 0.4) is 0 Å². The molecule has 2 aromatic rings. The molecule has 0 aliphatic carbocycles. The lowest BCUT2D eigenvalue weighted by atomic mass is 9.90. The van der Waals surface area contributed by atoms with Gasteiger partial charge in [0.15, 0.2) is 0 Å². The van der Waals surface area contributed by atoms with Gasteiger partial charge in [0.25, 0.3) is 0 Å². The molecule has 0 unspecified atom stereocenters. The Morgan fingerprint density at radius 1 is 0.893 bits per heavy atom. The van der Waals surface area contributed by atoms with Crippen molar-refractivity contribution in [3.05, 3.63) is 71.8 Å². The maximum atomic E-state index is 10.3. The molecule has 1 fully saturated rings. The molecule has 5 atom stereocenters. The molecule has 0 radical (unpaired) electrons. The monoisotopic (exact) mass is 387 g/mol. The topological polar surface area (TPSA) is 93.4 Å². The summed E-state index contributed by atoms with van der Waals surface area (Å²) in [7, 11) is 0. The Morgan fingerprint density at radius 2 is 1.43 bits per heavy atom. The number of aliphatic hydroxyl groups excluding tert-OH is 4. The third-order valence-corrected chi connectivity index (χ3v) is 5.43. The Kier molecular flexibility index (Phi) is 7.56. The van der Waals surface area contributed by atoms with Crippen LogP contribution in [-0.2, 0) is 17.8 Å². The van der Waals surface area contributed by atoms with E-state index in [1.165, 1.54) is 0 Å². The van der Waals surface area contributed by atoms with Gasteiger partial charge in [-0.05, 0) is 11.1 Å². The van der Waals surface area contributed by atoms with E-state index in [0.29, 0.717) is 19.7 Å². The second kappa shape index (κ2) is 10.1. The third kappa shape index (κ3) is 4.97. The molecule has 0 saturated carbocycles. The van der Waals surface area contributed by atoms with Crippen molar-refractivity contribution in [1.82, 2.24) is 4.90 Å². The highest BCUT2D eigenvalue weighted by Crippen LogP contribution is 2.31. The fraction of sp³-hybridized carbons (Fsp3) is 0.455. The molecule has 0 spiro atoms. The first-order valence-electron chi connectivity index (χ1n) is 9.65. The zero-order valence-corrected chi connectivity index (χ0v) is 15.8. The molecule has 1 aliphatic heterocycles. The normalized spacial score (nSPS) is 24.4. The number of rotatable bonds is 9. The fourth-order valence-corrected chi connectivity index (χ4v) is 3.88. The van der Waals surface area contributed by atoms with Gasteiger partial charge in [-0.2, -0.15) is 0 Å². The summed E-state index contributed by atoms with van der Waals surface area (Å²) in [6.07, 6.45) is -3.27. The van der Waals surface area contributed by atoms with Crippen molar-refractivity contribution >= 4 is 0 Å². The minimum atomic E-state index is -1.30. The van der Waals surface area contributed by atoms with Crippen LogP contribution in [0.2, 0.25) is 0 Å². The lowest BCUT2D eigenvalue weighted by molar-refractivity contribution is -0.0980. The molecule has 28 heavy (non-hydrogen) atoms. The van der Waals surface area contributed by atoms with Gasteiger partial charge in [-0.25, -0.2) is 0 Å². The second-order valence-corrected chi connectivity index (χ2v) is 7.33. The summed E-state index contributed by atoms with van der Waals surface area (Å²) < 4.78 is 5.79. The molecule has 4 N–H and O–H groups in total. The average molecular weight is 387 g/mol. The minimum absolute atomic E-state index is 0.129. The van der Waals surface area contributed by atoms with Gasteiger partial charge in [-0.1, -0.05) is 60.7 Å². The number of nitrogens with zero attached hydrogens (tertiary/aromatic N) is 1. The minimum Gasteiger partial charge on any atom is -0.396 e. The first-order chi connectivity index (χ1) is 13.6. The molecule has 0 aromatic heterocycles. The summed E-state index contributed by atoms with van der Waals surface area (Å²) in [5.41, 5.74) is 2.30. The summed E-state index contributed by atoms with van der Waals surface area (Å²) in [6.45, 7) is 0.953. The van der Waals surface area contributed by atoms with Crippen molar-refractivity contribution in [2.45, 2.75) is 37.4 Å². The van der Waals surface area contributed by atoms with Crippen LogP contribution in [-0.4, -0.2) is 69.5 Å². The zero-order valence-electron chi connectivity index (χ0n) is 15.8. The molecule has 152 valence electrons. The number of hydrogen-bond acceptors (Lipinski definition) is 6. The van der Waals surface area contributed by atoms with Crippen molar-refractivity contribution < 1.29 is 25.2 Å². The Hall–Kier alpha value is -1.80. The van der Waals surface area contributed by atoms with Crippen LogP contribution in [0.15, 0.2) is 60.7 Å². The van der Waals surface area contributed by atoms with Crippen molar-refractivity contribution in [2.24, 2.45) is 5.92 Å². The Balaban J connectivity index is 1.82. The molecule has 3 rings (SSSR count). The smallest absolute Gasteiger partial charge is 0.109 e. The third-order valence-electron chi connectivity index (χ3n) is 5.43. The van der Waals surface area contributed by atoms with Crippen molar-refractivity contribution in [2.75, 3.05) is 19.8 Å². The van der Waals surface area contributed by atoms with Gasteiger partial charge in [-0.3, -0.25) is 4.90 Å². The van der Waals surface area contributed by atoms with E-state index in [1.807, 2.05) is 36.4 Å². The molecule has 1 heterocycles. The van der Waals surface area contributed by atoms with Crippen LogP contribution in [0, 0.1) is 5.92 Å². The lowest BCUT2D eigenvalue weighted by Gasteiger charge is -2.34. The zero-order chi connectivity index (χ0) is 19.9. The summed E-state index contributed by atoms with van der Waals surface area (Å²) in [5.74, 6) is -0.372. The molecular formula is C22H29NO5. The molecule has 1 saturated heterocycles. The van der Waals surface area contributed by atoms with Crippen LogP contribution in [0.5, 0.6) is 0 Å². The number of hydrogen-bond donors (Lipinski definition) is 4. The van der Waals surface area contributed by atoms with E-state index in [4.69, 9.17) is 9.84 Å². The molecule has 1 aliphatic rings. The Labute approximate surface area is 165 Å². The molecule has 2 aromatic carbocycles. The average Bonchev–Trinajstić information content (AvgIpc) is 3.17. The van der Waals surface area contributed by atoms with Gasteiger partial charge in [0.05, 0.1) is 25.9 Å². The summed E-state index contributed by atoms with van der Waals surface area (Å²) in [6, 6.07) is 20.0. The molecule has 0 amide bonds. The van der Waals surface area contributed by atoms with Crippen LogP contribution in [0.4, 0.5) is 0 Å². The van der Waals surface area contributed by atoms with Crippen molar-refractivity contribution in [3.8, 4) is 0 Å². The van der Waals surface area contributed by atoms with E-state index < -0.39 is 24.9 Å². The maximum Gasteiger partial charge on any atom is 0.109 e. The van der Waals surface area contributed by atoms with Gasteiger partial charge < -0.3 is 25.2 Å². The number of benzene rings is 2. The van der Waals surface area contributed by atoms with Gasteiger partial charge in [0.1, 0.15) is 12.2 Å². The Morgan fingerprint density at radius 3 is 1.89 bits per heavy atom. The summed E-state index contributed by atoms with van der Waals surface area (Å²) in [4.78, 5) is 2.24. The van der Waals surface area contributed by atoms with Crippen molar-refractivity contribution in [1.29, 1.82) is 0 Å². The highest BCUT2D eigenvalue weighted by Gasteiger charge is 2.45. The van der Waals surface area contributed by atoms with E-state index >= 15 is 0 Å². The van der Waals surface area contributed by atoms with Crippen LogP contribution in [0.25, 0.3) is 0 Å². The number of aliphatic hydroxyl groups is 4. The highest BCUT2D eigenvalue weighted by molar-refractivity contribution is 5.18. The number of ether oxygens (including phenoxy) is 1. The van der Waals surface area contributed by atoms with Gasteiger partial charge in [-0.15, -0.1) is 0 Å². The van der Waals surface area contributed by atoms with E-state index in [9.17, 15) is 15.3 Å². The molecule has 6 nitrogen and oxygen atoms in total. The van der Waals surface area contributed by atoms with Gasteiger partial charge in [0.2, 0.25) is 0 Å².